The normalized spacial score (nSPS) is 12.8. The van der Waals surface area contributed by atoms with Crippen LogP contribution >= 0.6 is 11.6 Å². The molecule has 18 heavy (non-hydrogen) atoms. The predicted octanol–water partition coefficient (Wildman–Crippen LogP) is 3.47. The third kappa shape index (κ3) is 4.14. The molecule has 0 amide bonds. The van der Waals surface area contributed by atoms with Crippen LogP contribution in [0.15, 0.2) is 12.3 Å². The lowest BCUT2D eigenvalue weighted by Crippen LogP contribution is -2.29. The fourth-order valence-electron chi connectivity index (χ4n) is 1.63. The van der Waals surface area contributed by atoms with Crippen molar-refractivity contribution in [3.63, 3.8) is 0 Å². The molecule has 0 aromatic carbocycles. The summed E-state index contributed by atoms with van der Waals surface area (Å²) in [7, 11) is 2.04. The molecule has 4 heteroatoms. The van der Waals surface area contributed by atoms with Crippen LogP contribution in [0.1, 0.15) is 39.7 Å². The van der Waals surface area contributed by atoms with Crippen LogP contribution in [0.3, 0.4) is 0 Å². The van der Waals surface area contributed by atoms with Gasteiger partial charge in [0.1, 0.15) is 5.82 Å². The summed E-state index contributed by atoms with van der Waals surface area (Å²) in [5.74, 6) is 0.860. The molecule has 0 spiro atoms. The fourth-order valence-corrected chi connectivity index (χ4v) is 1.95. The molecule has 1 rings (SSSR count). The van der Waals surface area contributed by atoms with Crippen molar-refractivity contribution in [2.24, 2.45) is 0 Å². The number of rotatable bonds is 6. The van der Waals surface area contributed by atoms with Gasteiger partial charge in [-0.2, -0.15) is 0 Å². The zero-order valence-electron chi connectivity index (χ0n) is 12.0. The van der Waals surface area contributed by atoms with Crippen LogP contribution in [0.25, 0.3) is 0 Å². The minimum absolute atomic E-state index is 0.439. The second kappa shape index (κ2) is 6.95. The van der Waals surface area contributed by atoms with Crippen LogP contribution in [-0.4, -0.2) is 24.1 Å². The topological polar surface area (TPSA) is 28.2 Å². The van der Waals surface area contributed by atoms with Crippen LogP contribution in [0.5, 0.6) is 0 Å². The zero-order chi connectivity index (χ0) is 13.7. The molecule has 1 unspecified atom stereocenters. The Morgan fingerprint density at radius 3 is 2.56 bits per heavy atom. The van der Waals surface area contributed by atoms with Gasteiger partial charge in [-0.1, -0.05) is 32.4 Å². The lowest BCUT2D eigenvalue weighted by atomic mass is 10.2. The molecule has 0 radical (unpaired) electrons. The van der Waals surface area contributed by atoms with Crippen LogP contribution in [-0.2, 0) is 6.54 Å². The minimum Gasteiger partial charge on any atom is -0.356 e. The standard InChI is InChI=1S/C14H24ClN3/c1-6-11(4)18(5)14-13(15)7-12(9-17-14)8-16-10(2)3/h7,9-11,16H,6,8H2,1-5H3. The summed E-state index contributed by atoms with van der Waals surface area (Å²) in [6.07, 6.45) is 2.97. The van der Waals surface area contributed by atoms with Gasteiger partial charge in [0, 0.05) is 31.9 Å². The van der Waals surface area contributed by atoms with E-state index in [0.29, 0.717) is 12.1 Å². The van der Waals surface area contributed by atoms with E-state index in [0.717, 1.165) is 29.4 Å². The van der Waals surface area contributed by atoms with Crippen molar-refractivity contribution < 1.29 is 0 Å². The molecule has 1 N–H and O–H groups in total. The summed E-state index contributed by atoms with van der Waals surface area (Å²) in [6, 6.07) is 2.90. The van der Waals surface area contributed by atoms with Gasteiger partial charge in [0.2, 0.25) is 0 Å². The van der Waals surface area contributed by atoms with Gasteiger partial charge in [0.25, 0.3) is 0 Å². The lowest BCUT2D eigenvalue weighted by molar-refractivity contribution is 0.587. The number of hydrogen-bond acceptors (Lipinski definition) is 3. The number of aromatic nitrogens is 1. The van der Waals surface area contributed by atoms with E-state index in [2.05, 4.69) is 42.9 Å². The first-order valence-corrected chi connectivity index (χ1v) is 6.94. The van der Waals surface area contributed by atoms with Gasteiger partial charge < -0.3 is 10.2 Å². The van der Waals surface area contributed by atoms with E-state index in [1.54, 1.807) is 0 Å². The van der Waals surface area contributed by atoms with E-state index < -0.39 is 0 Å². The highest BCUT2D eigenvalue weighted by molar-refractivity contribution is 6.33. The molecule has 1 heterocycles. The zero-order valence-corrected chi connectivity index (χ0v) is 12.8. The van der Waals surface area contributed by atoms with Crippen LogP contribution in [0, 0.1) is 0 Å². The molecule has 0 aliphatic carbocycles. The highest BCUT2D eigenvalue weighted by Crippen LogP contribution is 2.25. The molecule has 0 saturated heterocycles. The summed E-state index contributed by atoms with van der Waals surface area (Å²) >= 11 is 6.31. The van der Waals surface area contributed by atoms with E-state index >= 15 is 0 Å². The Kier molecular flexibility index (Phi) is 5.89. The van der Waals surface area contributed by atoms with Gasteiger partial charge in [0.05, 0.1) is 5.02 Å². The van der Waals surface area contributed by atoms with Gasteiger partial charge in [-0.25, -0.2) is 4.98 Å². The van der Waals surface area contributed by atoms with Gasteiger partial charge in [-0.3, -0.25) is 0 Å². The molecule has 1 aromatic rings. The van der Waals surface area contributed by atoms with Crippen molar-refractivity contribution in [1.29, 1.82) is 0 Å². The highest BCUT2D eigenvalue weighted by atomic mass is 35.5. The van der Waals surface area contributed by atoms with Gasteiger partial charge >= 0.3 is 0 Å². The van der Waals surface area contributed by atoms with Crippen LogP contribution in [0.2, 0.25) is 5.02 Å². The molecule has 0 saturated carbocycles. The van der Waals surface area contributed by atoms with Gasteiger partial charge in [-0.05, 0) is 25.0 Å². The molecule has 0 aliphatic heterocycles. The van der Waals surface area contributed by atoms with Crippen molar-refractivity contribution in [2.75, 3.05) is 11.9 Å². The maximum atomic E-state index is 6.31. The Morgan fingerprint density at radius 1 is 1.39 bits per heavy atom. The minimum atomic E-state index is 0.439. The van der Waals surface area contributed by atoms with Crippen molar-refractivity contribution >= 4 is 17.4 Å². The molecule has 102 valence electrons. The van der Waals surface area contributed by atoms with E-state index in [1.165, 1.54) is 0 Å². The summed E-state index contributed by atoms with van der Waals surface area (Å²) in [5, 5.41) is 4.08. The van der Waals surface area contributed by atoms with Crippen LogP contribution in [0.4, 0.5) is 5.82 Å². The van der Waals surface area contributed by atoms with E-state index in [9.17, 15) is 0 Å². The molecule has 0 fully saturated rings. The third-order valence-corrected chi connectivity index (χ3v) is 3.46. The number of nitrogens with one attached hydrogen (secondary N) is 1. The van der Waals surface area contributed by atoms with E-state index in [-0.39, 0.29) is 0 Å². The molecule has 1 aromatic heterocycles. The molecule has 1 atom stereocenters. The summed E-state index contributed by atoms with van der Waals surface area (Å²) in [4.78, 5) is 6.61. The van der Waals surface area contributed by atoms with Crippen molar-refractivity contribution in [3.05, 3.63) is 22.8 Å². The first-order valence-electron chi connectivity index (χ1n) is 6.56. The van der Waals surface area contributed by atoms with E-state index in [1.807, 2.05) is 19.3 Å². The number of nitrogens with zero attached hydrogens (tertiary/aromatic N) is 2. The molecular formula is C14H24ClN3. The Morgan fingerprint density at radius 2 is 2.06 bits per heavy atom. The Hall–Kier alpha value is -0.800. The van der Waals surface area contributed by atoms with Crippen LogP contribution < -0.4 is 10.2 Å². The largest absolute Gasteiger partial charge is 0.356 e. The smallest absolute Gasteiger partial charge is 0.147 e. The Labute approximate surface area is 116 Å². The molecule has 0 bridgehead atoms. The van der Waals surface area contributed by atoms with E-state index in [4.69, 9.17) is 11.6 Å². The van der Waals surface area contributed by atoms with Crippen molar-refractivity contribution in [1.82, 2.24) is 10.3 Å². The number of anilines is 1. The molecular weight excluding hydrogens is 246 g/mol. The average Bonchev–Trinajstić information content (AvgIpc) is 2.34. The Bertz CT molecular complexity index is 379. The van der Waals surface area contributed by atoms with Gasteiger partial charge in [0.15, 0.2) is 0 Å². The Balaban J connectivity index is 2.79. The lowest BCUT2D eigenvalue weighted by Gasteiger charge is -2.26. The maximum Gasteiger partial charge on any atom is 0.147 e. The monoisotopic (exact) mass is 269 g/mol. The number of pyridine rings is 1. The van der Waals surface area contributed by atoms with Gasteiger partial charge in [-0.15, -0.1) is 0 Å². The number of halogens is 1. The maximum absolute atomic E-state index is 6.31. The predicted molar refractivity (Wildman–Crippen MR) is 79.4 cm³/mol. The SMILES string of the molecule is CCC(C)N(C)c1ncc(CNC(C)C)cc1Cl. The summed E-state index contributed by atoms with van der Waals surface area (Å²) in [6.45, 7) is 9.39. The first kappa shape index (κ1) is 15.3. The average molecular weight is 270 g/mol. The summed E-state index contributed by atoms with van der Waals surface area (Å²) < 4.78 is 0. The number of hydrogen-bond donors (Lipinski definition) is 1. The highest BCUT2D eigenvalue weighted by Gasteiger charge is 2.13. The van der Waals surface area contributed by atoms with Crippen molar-refractivity contribution in [3.8, 4) is 0 Å². The quantitative estimate of drug-likeness (QED) is 0.857. The second-order valence-corrected chi connectivity index (χ2v) is 5.46. The third-order valence-electron chi connectivity index (χ3n) is 3.18. The summed E-state index contributed by atoms with van der Waals surface area (Å²) in [5.41, 5.74) is 1.12. The first-order chi connectivity index (χ1) is 8.45. The fraction of sp³-hybridized carbons (Fsp3) is 0.643. The molecule has 0 aliphatic rings. The molecule has 3 nitrogen and oxygen atoms in total. The van der Waals surface area contributed by atoms with Crippen molar-refractivity contribution in [2.45, 2.75) is 52.7 Å². The second-order valence-electron chi connectivity index (χ2n) is 5.05.